The molecule has 0 aliphatic carbocycles. The molecule has 0 atom stereocenters. The van der Waals surface area contributed by atoms with Crippen molar-refractivity contribution in [1.82, 2.24) is 0 Å². The predicted molar refractivity (Wildman–Crippen MR) is 62.5 cm³/mol. The normalized spacial score (nSPS) is 13.0. The van der Waals surface area contributed by atoms with E-state index in [1.54, 1.807) is 0 Å². The fourth-order valence-corrected chi connectivity index (χ4v) is 1.73. The van der Waals surface area contributed by atoms with Gasteiger partial charge in [0.15, 0.2) is 0 Å². The van der Waals surface area contributed by atoms with Crippen LogP contribution in [0, 0.1) is 6.92 Å². The Bertz CT molecular complexity index is 198. The highest BCUT2D eigenvalue weighted by molar-refractivity contribution is 4.75. The van der Waals surface area contributed by atoms with Crippen molar-refractivity contribution >= 4 is 0 Å². The zero-order valence-corrected chi connectivity index (χ0v) is 10.7. The standard InChI is InChI=1S/C13H22F5/c1-2-3-4-5-6-7-8-9-10-11-12(14,15)13(16,17)18/h1-11H2. The highest BCUT2D eigenvalue weighted by Gasteiger charge is 2.56. The molecule has 0 saturated heterocycles. The first-order valence-corrected chi connectivity index (χ1v) is 6.55. The van der Waals surface area contributed by atoms with Crippen molar-refractivity contribution in [2.75, 3.05) is 0 Å². The Hall–Kier alpha value is -0.350. The van der Waals surface area contributed by atoms with Crippen LogP contribution in [0.4, 0.5) is 22.0 Å². The minimum atomic E-state index is -5.40. The fraction of sp³-hybridized carbons (Fsp3) is 0.923. The molecule has 0 aliphatic heterocycles. The lowest BCUT2D eigenvalue weighted by Crippen LogP contribution is -2.36. The molecule has 0 nitrogen and oxygen atoms in total. The van der Waals surface area contributed by atoms with Crippen molar-refractivity contribution in [2.24, 2.45) is 0 Å². The zero-order chi connectivity index (χ0) is 14.1. The molecule has 0 heterocycles. The molecule has 0 rings (SSSR count). The van der Waals surface area contributed by atoms with E-state index >= 15 is 0 Å². The SMILES string of the molecule is [CH2]CCCCCCCCCCC(F)(F)C(F)(F)F. The Labute approximate surface area is 106 Å². The van der Waals surface area contributed by atoms with Crippen molar-refractivity contribution in [3.05, 3.63) is 6.92 Å². The summed E-state index contributed by atoms with van der Waals surface area (Å²) < 4.78 is 60.5. The maximum absolute atomic E-state index is 12.5. The lowest BCUT2D eigenvalue weighted by atomic mass is 10.0. The molecular weight excluding hydrogens is 251 g/mol. The van der Waals surface area contributed by atoms with Crippen molar-refractivity contribution in [2.45, 2.75) is 76.3 Å². The summed E-state index contributed by atoms with van der Waals surface area (Å²) in [5.41, 5.74) is 0. The Kier molecular flexibility index (Phi) is 8.53. The molecule has 0 saturated carbocycles. The Morgan fingerprint density at radius 1 is 0.611 bits per heavy atom. The first-order chi connectivity index (χ1) is 8.31. The summed E-state index contributed by atoms with van der Waals surface area (Å²) in [5, 5.41) is 0. The Morgan fingerprint density at radius 3 is 1.39 bits per heavy atom. The third-order valence-corrected chi connectivity index (χ3v) is 2.91. The highest BCUT2D eigenvalue weighted by atomic mass is 19.4. The molecule has 0 spiro atoms. The van der Waals surface area contributed by atoms with Crippen LogP contribution in [0.2, 0.25) is 0 Å². The van der Waals surface area contributed by atoms with Crippen LogP contribution < -0.4 is 0 Å². The third kappa shape index (κ3) is 7.88. The zero-order valence-electron chi connectivity index (χ0n) is 10.7. The van der Waals surface area contributed by atoms with Gasteiger partial charge in [0.05, 0.1) is 0 Å². The van der Waals surface area contributed by atoms with Crippen molar-refractivity contribution < 1.29 is 22.0 Å². The topological polar surface area (TPSA) is 0 Å². The first-order valence-electron chi connectivity index (χ1n) is 6.55. The minimum Gasteiger partial charge on any atom is -0.196 e. The minimum absolute atomic E-state index is 0.0641. The van der Waals surface area contributed by atoms with Gasteiger partial charge in [0, 0.05) is 6.42 Å². The number of hydrogen-bond acceptors (Lipinski definition) is 0. The number of rotatable bonds is 10. The molecular formula is C13H22F5. The smallest absolute Gasteiger partial charge is 0.196 e. The quantitative estimate of drug-likeness (QED) is 0.342. The summed E-state index contributed by atoms with van der Waals surface area (Å²) in [5.74, 6) is -4.53. The molecule has 0 unspecified atom stereocenters. The van der Waals surface area contributed by atoms with E-state index < -0.39 is 18.5 Å². The van der Waals surface area contributed by atoms with Gasteiger partial charge in [-0.25, -0.2) is 0 Å². The number of hydrogen-bond donors (Lipinski definition) is 0. The molecule has 0 fully saturated rings. The second kappa shape index (κ2) is 8.70. The number of alkyl halides is 5. The molecule has 1 radical (unpaired) electrons. The maximum atomic E-state index is 12.5. The molecule has 18 heavy (non-hydrogen) atoms. The summed E-state index contributed by atoms with van der Waals surface area (Å²) >= 11 is 0. The predicted octanol–water partition coefficient (Wildman–Crippen LogP) is 5.92. The lowest BCUT2D eigenvalue weighted by Gasteiger charge is -2.19. The Balaban J connectivity index is 3.41. The van der Waals surface area contributed by atoms with Crippen molar-refractivity contribution in [3.63, 3.8) is 0 Å². The van der Waals surface area contributed by atoms with Crippen molar-refractivity contribution in [3.8, 4) is 0 Å². The second-order valence-corrected chi connectivity index (χ2v) is 4.63. The van der Waals surface area contributed by atoms with Gasteiger partial charge in [-0.3, -0.25) is 0 Å². The van der Waals surface area contributed by atoms with E-state index in [-0.39, 0.29) is 6.42 Å². The number of unbranched alkanes of at least 4 members (excludes halogenated alkanes) is 8. The van der Waals surface area contributed by atoms with Crippen LogP contribution in [0.1, 0.15) is 64.2 Å². The van der Waals surface area contributed by atoms with Gasteiger partial charge in [-0.1, -0.05) is 58.3 Å². The molecule has 0 aromatic carbocycles. The van der Waals surface area contributed by atoms with Crippen LogP contribution in [0.15, 0.2) is 0 Å². The largest absolute Gasteiger partial charge is 0.453 e. The molecule has 0 aromatic rings. The number of halogens is 5. The van der Waals surface area contributed by atoms with E-state index in [9.17, 15) is 22.0 Å². The summed E-state index contributed by atoms with van der Waals surface area (Å²) in [6.45, 7) is 3.72. The van der Waals surface area contributed by atoms with Gasteiger partial charge in [-0.15, -0.1) is 0 Å². The van der Waals surface area contributed by atoms with Crippen LogP contribution in [-0.2, 0) is 0 Å². The van der Waals surface area contributed by atoms with Gasteiger partial charge in [-0.2, -0.15) is 22.0 Å². The summed E-state index contributed by atoms with van der Waals surface area (Å²) in [7, 11) is 0. The van der Waals surface area contributed by atoms with Gasteiger partial charge < -0.3 is 0 Å². The van der Waals surface area contributed by atoms with Crippen molar-refractivity contribution in [1.29, 1.82) is 0 Å². The summed E-state index contributed by atoms with van der Waals surface area (Å²) in [6.07, 6.45) is 0.794. The maximum Gasteiger partial charge on any atom is 0.453 e. The Morgan fingerprint density at radius 2 is 1.00 bits per heavy atom. The van der Waals surface area contributed by atoms with Crippen LogP contribution in [0.3, 0.4) is 0 Å². The summed E-state index contributed by atoms with van der Waals surface area (Å²) in [6, 6.07) is 0. The average molecular weight is 273 g/mol. The van der Waals surface area contributed by atoms with E-state index in [0.717, 1.165) is 44.9 Å². The van der Waals surface area contributed by atoms with Gasteiger partial charge >= 0.3 is 12.1 Å². The van der Waals surface area contributed by atoms with Crippen LogP contribution in [0.5, 0.6) is 0 Å². The fourth-order valence-electron chi connectivity index (χ4n) is 1.73. The molecule has 0 aliphatic rings. The molecule has 0 aromatic heterocycles. The van der Waals surface area contributed by atoms with Gasteiger partial charge in [0.25, 0.3) is 0 Å². The molecule has 0 amide bonds. The van der Waals surface area contributed by atoms with E-state index in [0.29, 0.717) is 6.42 Å². The van der Waals surface area contributed by atoms with Crippen LogP contribution in [-0.4, -0.2) is 12.1 Å². The molecule has 0 bridgehead atoms. The van der Waals surface area contributed by atoms with Gasteiger partial charge in [0.2, 0.25) is 0 Å². The molecule has 0 N–H and O–H groups in total. The van der Waals surface area contributed by atoms with E-state index in [2.05, 4.69) is 6.92 Å². The van der Waals surface area contributed by atoms with E-state index in [1.807, 2.05) is 0 Å². The van der Waals surface area contributed by atoms with Gasteiger partial charge in [-0.05, 0) is 6.42 Å². The van der Waals surface area contributed by atoms with Crippen LogP contribution in [0.25, 0.3) is 0 Å². The molecule has 5 heteroatoms. The summed E-state index contributed by atoms with van der Waals surface area (Å²) in [4.78, 5) is 0. The third-order valence-electron chi connectivity index (χ3n) is 2.91. The lowest BCUT2D eigenvalue weighted by molar-refractivity contribution is -0.284. The van der Waals surface area contributed by atoms with Crippen LogP contribution >= 0.6 is 0 Å². The molecule has 109 valence electrons. The second-order valence-electron chi connectivity index (χ2n) is 4.63. The van der Waals surface area contributed by atoms with E-state index in [4.69, 9.17) is 0 Å². The monoisotopic (exact) mass is 273 g/mol. The van der Waals surface area contributed by atoms with Gasteiger partial charge in [0.1, 0.15) is 0 Å². The average Bonchev–Trinajstić information content (AvgIpc) is 2.25. The first kappa shape index (κ1) is 17.6. The highest BCUT2D eigenvalue weighted by Crippen LogP contribution is 2.39. The van der Waals surface area contributed by atoms with E-state index in [1.165, 1.54) is 0 Å².